The van der Waals surface area contributed by atoms with Crippen LogP contribution in [0.15, 0.2) is 18.2 Å². The first-order valence-corrected chi connectivity index (χ1v) is 4.45. The zero-order chi connectivity index (χ0) is 12.3. The lowest BCUT2D eigenvalue weighted by molar-refractivity contribution is -0.132. The average Bonchev–Trinajstić information content (AvgIpc) is 2.21. The summed E-state index contributed by atoms with van der Waals surface area (Å²) >= 11 is 0. The highest BCUT2D eigenvalue weighted by molar-refractivity contribution is 5.79. The Hall–Kier alpha value is -1.59. The maximum atomic E-state index is 12.8. The van der Waals surface area contributed by atoms with Crippen LogP contribution in [0.2, 0.25) is 0 Å². The van der Waals surface area contributed by atoms with E-state index in [0.29, 0.717) is 0 Å². The molecule has 0 heterocycles. The molecule has 0 aliphatic carbocycles. The molecule has 0 aromatic heterocycles. The summed E-state index contributed by atoms with van der Waals surface area (Å²) in [6.07, 6.45) is -3.13. The van der Waals surface area contributed by atoms with E-state index in [1.807, 2.05) is 5.32 Å². The quantitative estimate of drug-likeness (QED) is 0.801. The Morgan fingerprint density at radius 1 is 1.25 bits per heavy atom. The molecule has 0 radical (unpaired) electrons. The third-order valence-electron chi connectivity index (χ3n) is 2.00. The molecule has 1 rings (SSSR count). The molecule has 1 aromatic rings. The van der Waals surface area contributed by atoms with Crippen LogP contribution in [0.1, 0.15) is 18.5 Å². The number of halogens is 4. The summed E-state index contributed by atoms with van der Waals surface area (Å²) in [5.74, 6) is -3.57. The molecule has 1 N–H and O–H groups in total. The van der Waals surface area contributed by atoms with Gasteiger partial charge >= 0.3 is 6.43 Å². The molecule has 1 unspecified atom stereocenters. The second-order valence-electron chi connectivity index (χ2n) is 3.20. The largest absolute Gasteiger partial charge is 0.345 e. The highest BCUT2D eigenvalue weighted by Crippen LogP contribution is 2.16. The van der Waals surface area contributed by atoms with Crippen molar-refractivity contribution in [1.82, 2.24) is 5.32 Å². The molecule has 1 aromatic carbocycles. The van der Waals surface area contributed by atoms with Gasteiger partial charge in [0.15, 0.2) is 11.6 Å². The number of rotatable bonds is 3. The Labute approximate surface area is 89.3 Å². The van der Waals surface area contributed by atoms with Crippen molar-refractivity contribution >= 4 is 5.91 Å². The summed E-state index contributed by atoms with van der Waals surface area (Å²) in [7, 11) is 0. The van der Waals surface area contributed by atoms with Crippen molar-refractivity contribution < 1.29 is 22.4 Å². The molecular formula is C10H9F4NO. The average molecular weight is 235 g/mol. The number of hydrogen-bond acceptors (Lipinski definition) is 1. The predicted octanol–water partition coefficient (Wildman–Crippen LogP) is 2.41. The van der Waals surface area contributed by atoms with Crippen molar-refractivity contribution in [3.8, 4) is 0 Å². The molecule has 0 bridgehead atoms. The summed E-state index contributed by atoms with van der Waals surface area (Å²) in [5.41, 5.74) is 0.216. The lowest BCUT2D eigenvalue weighted by Crippen LogP contribution is -2.31. The van der Waals surface area contributed by atoms with Crippen molar-refractivity contribution in [1.29, 1.82) is 0 Å². The van der Waals surface area contributed by atoms with Crippen LogP contribution in [-0.2, 0) is 4.79 Å². The van der Waals surface area contributed by atoms with E-state index in [9.17, 15) is 22.4 Å². The highest BCUT2D eigenvalue weighted by atomic mass is 19.3. The maximum absolute atomic E-state index is 12.8. The molecule has 0 aliphatic heterocycles. The van der Waals surface area contributed by atoms with Gasteiger partial charge in [-0.2, -0.15) is 8.78 Å². The molecule has 1 atom stereocenters. The number of alkyl halides is 2. The number of nitrogens with one attached hydrogen (secondary N) is 1. The Balaban J connectivity index is 2.77. The van der Waals surface area contributed by atoms with E-state index < -0.39 is 30.0 Å². The summed E-state index contributed by atoms with van der Waals surface area (Å²) in [5, 5.41) is 1.96. The standard InChI is InChI=1S/C10H9F4NO/c1-5(15-10(16)9(13)14)6-2-3-7(11)8(12)4-6/h2-5,9H,1H3,(H,15,16). The van der Waals surface area contributed by atoms with Gasteiger partial charge in [-0.3, -0.25) is 4.79 Å². The number of amides is 1. The van der Waals surface area contributed by atoms with Gasteiger partial charge in [-0.05, 0) is 24.6 Å². The van der Waals surface area contributed by atoms with Gasteiger partial charge in [0.2, 0.25) is 0 Å². The van der Waals surface area contributed by atoms with Crippen LogP contribution < -0.4 is 5.32 Å². The van der Waals surface area contributed by atoms with Gasteiger partial charge in [-0.15, -0.1) is 0 Å². The normalized spacial score (nSPS) is 12.6. The molecule has 0 spiro atoms. The minimum Gasteiger partial charge on any atom is -0.345 e. The van der Waals surface area contributed by atoms with Crippen LogP contribution in [0.25, 0.3) is 0 Å². The van der Waals surface area contributed by atoms with E-state index in [0.717, 1.165) is 12.1 Å². The fourth-order valence-electron chi connectivity index (χ4n) is 1.14. The van der Waals surface area contributed by atoms with E-state index in [1.165, 1.54) is 13.0 Å². The molecule has 0 fully saturated rings. The smallest absolute Gasteiger partial charge is 0.315 e. The monoisotopic (exact) mass is 235 g/mol. The number of carbonyl (C=O) groups is 1. The van der Waals surface area contributed by atoms with Crippen molar-refractivity contribution in [2.45, 2.75) is 19.4 Å². The molecule has 0 aliphatic rings. The lowest BCUT2D eigenvalue weighted by Gasteiger charge is -2.13. The van der Waals surface area contributed by atoms with Gasteiger partial charge in [0, 0.05) is 0 Å². The van der Waals surface area contributed by atoms with Crippen LogP contribution in [0.5, 0.6) is 0 Å². The number of hydrogen-bond donors (Lipinski definition) is 1. The Bertz CT molecular complexity index is 394. The van der Waals surface area contributed by atoms with Crippen LogP contribution in [-0.4, -0.2) is 12.3 Å². The van der Waals surface area contributed by atoms with E-state index >= 15 is 0 Å². The molecule has 16 heavy (non-hydrogen) atoms. The predicted molar refractivity (Wildman–Crippen MR) is 48.9 cm³/mol. The van der Waals surface area contributed by atoms with Crippen molar-refractivity contribution in [3.05, 3.63) is 35.4 Å². The highest BCUT2D eigenvalue weighted by Gasteiger charge is 2.18. The van der Waals surface area contributed by atoms with Crippen molar-refractivity contribution in [2.75, 3.05) is 0 Å². The van der Waals surface area contributed by atoms with Crippen LogP contribution >= 0.6 is 0 Å². The van der Waals surface area contributed by atoms with Gasteiger partial charge in [0.25, 0.3) is 5.91 Å². The Kier molecular flexibility index (Phi) is 3.87. The summed E-state index contributed by atoms with van der Waals surface area (Å²) in [6.45, 7) is 1.40. The Morgan fingerprint density at radius 3 is 2.38 bits per heavy atom. The van der Waals surface area contributed by atoms with Gasteiger partial charge < -0.3 is 5.32 Å². The van der Waals surface area contributed by atoms with Gasteiger partial charge in [0.05, 0.1) is 6.04 Å². The fraction of sp³-hybridized carbons (Fsp3) is 0.300. The van der Waals surface area contributed by atoms with E-state index in [2.05, 4.69) is 0 Å². The molecule has 0 saturated heterocycles. The van der Waals surface area contributed by atoms with Crippen molar-refractivity contribution in [2.24, 2.45) is 0 Å². The second kappa shape index (κ2) is 4.96. The molecule has 0 saturated carbocycles. The minimum atomic E-state index is -3.13. The zero-order valence-electron chi connectivity index (χ0n) is 8.31. The Morgan fingerprint density at radius 2 is 1.88 bits per heavy atom. The fourth-order valence-corrected chi connectivity index (χ4v) is 1.14. The number of benzene rings is 1. The first kappa shape index (κ1) is 12.5. The van der Waals surface area contributed by atoms with E-state index in [-0.39, 0.29) is 5.56 Å². The molecule has 88 valence electrons. The summed E-state index contributed by atoms with van der Waals surface area (Å²) in [4.78, 5) is 10.6. The van der Waals surface area contributed by atoms with E-state index in [1.54, 1.807) is 0 Å². The van der Waals surface area contributed by atoms with Crippen LogP contribution in [0.3, 0.4) is 0 Å². The zero-order valence-corrected chi connectivity index (χ0v) is 8.31. The van der Waals surface area contributed by atoms with Gasteiger partial charge in [-0.1, -0.05) is 6.07 Å². The first-order valence-electron chi connectivity index (χ1n) is 4.45. The van der Waals surface area contributed by atoms with Crippen molar-refractivity contribution in [3.63, 3.8) is 0 Å². The molecular weight excluding hydrogens is 226 g/mol. The number of carbonyl (C=O) groups excluding carboxylic acids is 1. The lowest BCUT2D eigenvalue weighted by atomic mass is 10.1. The second-order valence-corrected chi connectivity index (χ2v) is 3.20. The molecule has 2 nitrogen and oxygen atoms in total. The SMILES string of the molecule is CC(NC(=O)C(F)F)c1ccc(F)c(F)c1. The van der Waals surface area contributed by atoms with Gasteiger partial charge in [0.1, 0.15) is 0 Å². The molecule has 6 heteroatoms. The summed E-state index contributed by atoms with van der Waals surface area (Å²) < 4.78 is 49.2. The van der Waals surface area contributed by atoms with E-state index in [4.69, 9.17) is 0 Å². The maximum Gasteiger partial charge on any atom is 0.315 e. The summed E-state index contributed by atoms with van der Waals surface area (Å²) in [6, 6.07) is 2.13. The minimum absolute atomic E-state index is 0.216. The molecule has 1 amide bonds. The van der Waals surface area contributed by atoms with Crippen LogP contribution in [0.4, 0.5) is 17.6 Å². The third-order valence-corrected chi connectivity index (χ3v) is 2.00. The van der Waals surface area contributed by atoms with Crippen LogP contribution in [0, 0.1) is 11.6 Å². The first-order chi connectivity index (χ1) is 7.41. The third kappa shape index (κ3) is 2.95. The van der Waals surface area contributed by atoms with Gasteiger partial charge in [-0.25, -0.2) is 8.78 Å². The topological polar surface area (TPSA) is 29.1 Å².